The van der Waals surface area contributed by atoms with Crippen LogP contribution in [0.3, 0.4) is 0 Å². The zero-order chi connectivity index (χ0) is 19.5. The van der Waals surface area contributed by atoms with Crippen molar-refractivity contribution < 1.29 is 4.79 Å². The van der Waals surface area contributed by atoms with Gasteiger partial charge < -0.3 is 21.7 Å². The highest BCUT2D eigenvalue weighted by Crippen LogP contribution is 2.27. The Kier molecular flexibility index (Phi) is 5.17. The fourth-order valence-corrected chi connectivity index (χ4v) is 4.01. The molecule has 1 heterocycles. The number of urea groups is 1. The van der Waals surface area contributed by atoms with E-state index in [4.69, 9.17) is 5.73 Å². The second kappa shape index (κ2) is 7.90. The van der Waals surface area contributed by atoms with E-state index in [1.165, 1.54) is 5.56 Å². The Morgan fingerprint density at radius 3 is 2.75 bits per heavy atom. The summed E-state index contributed by atoms with van der Waals surface area (Å²) in [7, 11) is 0. The van der Waals surface area contributed by atoms with Gasteiger partial charge in [0.15, 0.2) is 0 Å². The minimum Gasteiger partial charge on any atom is -0.398 e. The predicted octanol–water partition coefficient (Wildman–Crippen LogP) is 4.35. The van der Waals surface area contributed by atoms with Crippen LogP contribution in [0.1, 0.15) is 30.0 Å². The molecule has 0 radical (unpaired) electrons. The largest absolute Gasteiger partial charge is 0.398 e. The maximum atomic E-state index is 12.7. The van der Waals surface area contributed by atoms with Crippen LogP contribution in [0.5, 0.6) is 0 Å². The van der Waals surface area contributed by atoms with E-state index in [0.29, 0.717) is 0 Å². The first kappa shape index (κ1) is 18.3. The first-order valence-electron chi connectivity index (χ1n) is 9.76. The number of carbonyl (C=O) groups is 1. The molecule has 144 valence electrons. The average Bonchev–Trinajstić information content (AvgIpc) is 2.69. The van der Waals surface area contributed by atoms with Crippen LogP contribution in [0.25, 0.3) is 10.8 Å². The van der Waals surface area contributed by atoms with Crippen molar-refractivity contribution in [1.82, 2.24) is 10.6 Å². The standard InChI is InChI=1S/C23H26N4O/c1-15-12-17-9-10-18(14-19(17)20(24)13-15)26-23(28)27-21-8-5-11-25-22(21)16-6-3-2-4-7-16/h2-4,6-7,9-10,12-14,21-22,25H,5,8,11,24H2,1H3,(H2,26,27,28). The lowest BCUT2D eigenvalue weighted by molar-refractivity contribution is 0.237. The van der Waals surface area contributed by atoms with E-state index >= 15 is 0 Å². The molecule has 2 unspecified atom stereocenters. The number of nitrogen functional groups attached to an aromatic ring is 1. The first-order chi connectivity index (χ1) is 13.6. The minimum atomic E-state index is -0.195. The van der Waals surface area contributed by atoms with Crippen molar-refractivity contribution in [3.8, 4) is 0 Å². The molecule has 3 aromatic rings. The lowest BCUT2D eigenvalue weighted by atomic mass is 9.92. The normalized spacial score (nSPS) is 19.3. The van der Waals surface area contributed by atoms with E-state index in [9.17, 15) is 4.79 Å². The van der Waals surface area contributed by atoms with Crippen LogP contribution in [0, 0.1) is 6.92 Å². The number of fused-ring (bicyclic) bond motifs is 1. The van der Waals surface area contributed by atoms with Crippen molar-refractivity contribution in [2.24, 2.45) is 0 Å². The summed E-state index contributed by atoms with van der Waals surface area (Å²) in [5, 5.41) is 11.7. The van der Waals surface area contributed by atoms with Gasteiger partial charge in [-0.25, -0.2) is 4.79 Å². The van der Waals surface area contributed by atoms with Crippen molar-refractivity contribution in [2.45, 2.75) is 31.8 Å². The fraction of sp³-hybridized carbons (Fsp3) is 0.261. The van der Waals surface area contributed by atoms with Crippen LogP contribution < -0.4 is 21.7 Å². The van der Waals surface area contributed by atoms with Crippen LogP contribution in [-0.2, 0) is 0 Å². The molecule has 2 atom stereocenters. The molecule has 5 nitrogen and oxygen atoms in total. The lowest BCUT2D eigenvalue weighted by Crippen LogP contribution is -2.49. The van der Waals surface area contributed by atoms with Crippen molar-refractivity contribution >= 4 is 28.2 Å². The number of benzene rings is 3. The summed E-state index contributed by atoms with van der Waals surface area (Å²) in [6.45, 7) is 2.99. The van der Waals surface area contributed by atoms with Crippen molar-refractivity contribution in [3.63, 3.8) is 0 Å². The van der Waals surface area contributed by atoms with Gasteiger partial charge in [-0.2, -0.15) is 0 Å². The van der Waals surface area contributed by atoms with Crippen LogP contribution in [0.4, 0.5) is 16.2 Å². The fourth-order valence-electron chi connectivity index (χ4n) is 4.01. The molecule has 1 aliphatic heterocycles. The minimum absolute atomic E-state index is 0.0457. The summed E-state index contributed by atoms with van der Waals surface area (Å²) < 4.78 is 0. The van der Waals surface area contributed by atoms with Gasteiger partial charge in [-0.1, -0.05) is 42.5 Å². The summed E-state index contributed by atoms with van der Waals surface area (Å²) in [6.07, 6.45) is 1.99. The third-order valence-corrected chi connectivity index (χ3v) is 5.32. The molecule has 2 amide bonds. The molecule has 0 spiro atoms. The predicted molar refractivity (Wildman–Crippen MR) is 115 cm³/mol. The second-order valence-corrected chi connectivity index (χ2v) is 7.48. The van der Waals surface area contributed by atoms with E-state index in [2.05, 4.69) is 34.1 Å². The molecule has 1 fully saturated rings. The van der Waals surface area contributed by atoms with Gasteiger partial charge in [-0.05, 0) is 61.0 Å². The van der Waals surface area contributed by atoms with Gasteiger partial charge in [0.2, 0.25) is 0 Å². The maximum absolute atomic E-state index is 12.7. The summed E-state index contributed by atoms with van der Waals surface area (Å²) >= 11 is 0. The van der Waals surface area contributed by atoms with E-state index in [-0.39, 0.29) is 18.1 Å². The third-order valence-electron chi connectivity index (χ3n) is 5.32. The number of carbonyl (C=O) groups excluding carboxylic acids is 1. The van der Waals surface area contributed by atoms with Crippen LogP contribution >= 0.6 is 0 Å². The van der Waals surface area contributed by atoms with E-state index in [1.54, 1.807) is 0 Å². The number of nitrogens with one attached hydrogen (secondary N) is 3. The molecule has 0 bridgehead atoms. The lowest BCUT2D eigenvalue weighted by Gasteiger charge is -2.33. The summed E-state index contributed by atoms with van der Waals surface area (Å²) in [5.74, 6) is 0. The molecule has 1 saturated heterocycles. The SMILES string of the molecule is Cc1cc(N)c2cc(NC(=O)NC3CCCNC3c3ccccc3)ccc2c1. The Labute approximate surface area is 165 Å². The maximum Gasteiger partial charge on any atom is 0.319 e. The molecule has 0 aromatic heterocycles. The molecular weight excluding hydrogens is 348 g/mol. The molecule has 0 aliphatic carbocycles. The number of piperidine rings is 1. The molecule has 4 rings (SSSR count). The topological polar surface area (TPSA) is 79.2 Å². The number of anilines is 2. The molecule has 5 heteroatoms. The van der Waals surface area contributed by atoms with E-state index < -0.39 is 0 Å². The van der Waals surface area contributed by atoms with Crippen molar-refractivity contribution in [2.75, 3.05) is 17.6 Å². The zero-order valence-corrected chi connectivity index (χ0v) is 16.0. The Morgan fingerprint density at radius 1 is 1.11 bits per heavy atom. The van der Waals surface area contributed by atoms with Gasteiger partial charge in [0.25, 0.3) is 0 Å². The zero-order valence-electron chi connectivity index (χ0n) is 16.0. The molecule has 1 aliphatic rings. The molecule has 3 aromatic carbocycles. The summed E-state index contributed by atoms with van der Waals surface area (Å²) in [5.41, 5.74) is 9.93. The Hall–Kier alpha value is -3.05. The van der Waals surface area contributed by atoms with Gasteiger partial charge in [-0.15, -0.1) is 0 Å². The van der Waals surface area contributed by atoms with Gasteiger partial charge in [0.1, 0.15) is 0 Å². The number of aryl methyl sites for hydroxylation is 1. The Balaban J connectivity index is 1.48. The number of amides is 2. The highest BCUT2D eigenvalue weighted by atomic mass is 16.2. The molecule has 28 heavy (non-hydrogen) atoms. The van der Waals surface area contributed by atoms with Gasteiger partial charge in [0.05, 0.1) is 12.1 Å². The number of hydrogen-bond donors (Lipinski definition) is 4. The second-order valence-electron chi connectivity index (χ2n) is 7.48. The monoisotopic (exact) mass is 374 g/mol. The summed E-state index contributed by atoms with van der Waals surface area (Å²) in [6, 6.07) is 20.1. The highest BCUT2D eigenvalue weighted by molar-refractivity contribution is 5.98. The Morgan fingerprint density at radius 2 is 1.93 bits per heavy atom. The first-order valence-corrected chi connectivity index (χ1v) is 9.76. The average molecular weight is 374 g/mol. The van der Waals surface area contributed by atoms with E-state index in [1.807, 2.05) is 49.4 Å². The van der Waals surface area contributed by atoms with Crippen LogP contribution in [-0.4, -0.2) is 18.6 Å². The van der Waals surface area contributed by atoms with Crippen LogP contribution in [0.2, 0.25) is 0 Å². The van der Waals surface area contributed by atoms with Gasteiger partial charge in [0, 0.05) is 16.8 Å². The third kappa shape index (κ3) is 3.94. The smallest absolute Gasteiger partial charge is 0.319 e. The van der Waals surface area contributed by atoms with Gasteiger partial charge >= 0.3 is 6.03 Å². The quantitative estimate of drug-likeness (QED) is 0.515. The van der Waals surface area contributed by atoms with Crippen molar-refractivity contribution in [1.29, 1.82) is 0 Å². The molecule has 5 N–H and O–H groups in total. The van der Waals surface area contributed by atoms with Crippen LogP contribution in [0.15, 0.2) is 60.7 Å². The number of hydrogen-bond acceptors (Lipinski definition) is 3. The molecular formula is C23H26N4O. The number of nitrogens with two attached hydrogens (primary N) is 1. The molecule has 0 saturated carbocycles. The Bertz CT molecular complexity index is 987. The van der Waals surface area contributed by atoms with Crippen molar-refractivity contribution in [3.05, 3.63) is 71.8 Å². The highest BCUT2D eigenvalue weighted by Gasteiger charge is 2.27. The van der Waals surface area contributed by atoms with E-state index in [0.717, 1.165) is 47.1 Å². The summed E-state index contributed by atoms with van der Waals surface area (Å²) in [4.78, 5) is 12.7. The van der Waals surface area contributed by atoms with Gasteiger partial charge in [-0.3, -0.25) is 0 Å². The number of rotatable bonds is 3.